The Labute approximate surface area is 80.0 Å². The van der Waals surface area contributed by atoms with Crippen LogP contribution in [0.25, 0.3) is 0 Å². The first-order chi connectivity index (χ1) is 5.97. The van der Waals surface area contributed by atoms with E-state index >= 15 is 0 Å². The van der Waals surface area contributed by atoms with Gasteiger partial charge < -0.3 is 10.2 Å². The molecule has 74 valence electrons. The lowest BCUT2D eigenvalue weighted by atomic mass is 10.2. The van der Waals surface area contributed by atoms with Gasteiger partial charge in [0, 0.05) is 0 Å². The predicted molar refractivity (Wildman–Crippen MR) is 46.7 cm³/mol. The summed E-state index contributed by atoms with van der Waals surface area (Å²) >= 11 is 5.50. The second-order valence-electron chi connectivity index (χ2n) is 2.29. The molecule has 0 heterocycles. The lowest BCUT2D eigenvalue weighted by Crippen LogP contribution is -2.41. The lowest BCUT2D eigenvalue weighted by molar-refractivity contribution is -0.145. The Balaban J connectivity index is 4.17. The Kier molecular flexibility index (Phi) is 5.10. The van der Waals surface area contributed by atoms with E-state index in [0.717, 1.165) is 0 Å². The van der Waals surface area contributed by atoms with Crippen LogP contribution in [0.1, 0.15) is 6.42 Å². The monoisotopic (exact) mass is 207 g/mol. The zero-order chi connectivity index (χ0) is 10.4. The van der Waals surface area contributed by atoms with Crippen molar-refractivity contribution in [1.29, 1.82) is 0 Å². The predicted octanol–water partition coefficient (Wildman–Crippen LogP) is 0.255. The van der Waals surface area contributed by atoms with Crippen LogP contribution in [0, 0.1) is 0 Å². The van der Waals surface area contributed by atoms with Crippen molar-refractivity contribution in [3.05, 3.63) is 12.7 Å². The molecule has 0 aliphatic heterocycles. The van der Waals surface area contributed by atoms with Crippen LogP contribution in [-0.2, 0) is 9.59 Å². The van der Waals surface area contributed by atoms with Gasteiger partial charge in [0.2, 0.25) is 0 Å². The van der Waals surface area contributed by atoms with Crippen LogP contribution in [0.2, 0.25) is 0 Å². The number of rotatable bonds is 6. The van der Waals surface area contributed by atoms with E-state index in [0.29, 0.717) is 0 Å². The molecular formula is C7H10ClNO4. The molecule has 0 aromatic rings. The molecule has 6 heteroatoms. The summed E-state index contributed by atoms with van der Waals surface area (Å²) in [5.41, 5.74) is -0.750. The standard InChI is InChI=1S/C7H10ClNO4/c1-2-5(8)9-4(7(12)13)3-6(10)11/h2,4-5,9H,1,3H2,(H,10,11)(H,12,13). The second-order valence-corrected chi connectivity index (χ2v) is 2.76. The van der Waals surface area contributed by atoms with Gasteiger partial charge in [0.25, 0.3) is 0 Å². The van der Waals surface area contributed by atoms with E-state index in [1.807, 2.05) is 0 Å². The van der Waals surface area contributed by atoms with Gasteiger partial charge in [0.05, 0.1) is 6.42 Å². The highest BCUT2D eigenvalue weighted by atomic mass is 35.5. The molecule has 5 nitrogen and oxygen atoms in total. The summed E-state index contributed by atoms with van der Waals surface area (Å²) in [7, 11) is 0. The van der Waals surface area contributed by atoms with E-state index in [4.69, 9.17) is 21.8 Å². The molecule has 0 radical (unpaired) electrons. The third kappa shape index (κ3) is 5.21. The van der Waals surface area contributed by atoms with E-state index in [1.54, 1.807) is 0 Å². The van der Waals surface area contributed by atoms with E-state index in [9.17, 15) is 9.59 Å². The molecule has 0 saturated carbocycles. The fourth-order valence-electron chi connectivity index (χ4n) is 0.652. The average molecular weight is 208 g/mol. The van der Waals surface area contributed by atoms with Gasteiger partial charge in [-0.15, -0.1) is 18.2 Å². The van der Waals surface area contributed by atoms with Gasteiger partial charge in [0.15, 0.2) is 0 Å². The molecule has 0 saturated heterocycles. The SMILES string of the molecule is C=CC(Cl)NC(CC(=O)O)C(=O)O. The highest BCUT2D eigenvalue weighted by Gasteiger charge is 2.21. The van der Waals surface area contributed by atoms with Crippen molar-refractivity contribution in [3.63, 3.8) is 0 Å². The van der Waals surface area contributed by atoms with Crippen LogP contribution < -0.4 is 5.32 Å². The Morgan fingerprint density at radius 1 is 1.54 bits per heavy atom. The zero-order valence-corrected chi connectivity index (χ0v) is 7.49. The van der Waals surface area contributed by atoms with Gasteiger partial charge in [-0.1, -0.05) is 6.08 Å². The first-order valence-corrected chi connectivity index (χ1v) is 3.88. The normalized spacial score (nSPS) is 14.5. The highest BCUT2D eigenvalue weighted by molar-refractivity contribution is 6.21. The number of carboxylic acids is 2. The van der Waals surface area contributed by atoms with E-state index in [-0.39, 0.29) is 0 Å². The summed E-state index contributed by atoms with van der Waals surface area (Å²) in [6, 6.07) is -1.20. The average Bonchev–Trinajstić information content (AvgIpc) is 2.02. The summed E-state index contributed by atoms with van der Waals surface area (Å²) in [5, 5.41) is 19.3. The molecule has 0 fully saturated rings. The van der Waals surface area contributed by atoms with Crippen LogP contribution in [0.15, 0.2) is 12.7 Å². The molecule has 0 amide bonds. The van der Waals surface area contributed by atoms with Gasteiger partial charge >= 0.3 is 11.9 Å². The minimum atomic E-state index is -1.25. The van der Waals surface area contributed by atoms with E-state index in [2.05, 4.69) is 11.9 Å². The largest absolute Gasteiger partial charge is 0.481 e. The lowest BCUT2D eigenvalue weighted by Gasteiger charge is -2.13. The topological polar surface area (TPSA) is 86.6 Å². The number of carbonyl (C=O) groups is 2. The van der Waals surface area contributed by atoms with Crippen molar-refractivity contribution in [3.8, 4) is 0 Å². The Morgan fingerprint density at radius 3 is 2.38 bits per heavy atom. The summed E-state index contributed by atoms with van der Waals surface area (Å²) in [6.07, 6.45) is 0.756. The smallest absolute Gasteiger partial charge is 0.321 e. The summed E-state index contributed by atoms with van der Waals surface area (Å²) in [5.74, 6) is -2.46. The van der Waals surface area contributed by atoms with E-state index < -0.39 is 29.9 Å². The number of nitrogens with one attached hydrogen (secondary N) is 1. The molecule has 0 aromatic heterocycles. The van der Waals surface area contributed by atoms with E-state index in [1.165, 1.54) is 6.08 Å². The minimum Gasteiger partial charge on any atom is -0.481 e. The quantitative estimate of drug-likeness (QED) is 0.330. The highest BCUT2D eigenvalue weighted by Crippen LogP contribution is 1.99. The summed E-state index contributed by atoms with van der Waals surface area (Å²) in [4.78, 5) is 20.7. The summed E-state index contributed by atoms with van der Waals surface area (Å²) in [6.45, 7) is 3.32. The van der Waals surface area contributed by atoms with Crippen LogP contribution in [-0.4, -0.2) is 33.7 Å². The maximum Gasteiger partial charge on any atom is 0.321 e. The summed E-state index contributed by atoms with van der Waals surface area (Å²) < 4.78 is 0. The molecule has 2 unspecified atom stereocenters. The van der Waals surface area contributed by atoms with Crippen molar-refractivity contribution in [2.24, 2.45) is 0 Å². The molecule has 0 bridgehead atoms. The molecule has 0 rings (SSSR count). The number of halogens is 1. The molecule has 0 aliphatic rings. The third-order valence-electron chi connectivity index (χ3n) is 1.24. The molecule has 0 aromatic carbocycles. The van der Waals surface area contributed by atoms with Gasteiger partial charge in [-0.05, 0) is 0 Å². The fraction of sp³-hybridized carbons (Fsp3) is 0.429. The van der Waals surface area contributed by atoms with Gasteiger partial charge in [-0.3, -0.25) is 14.9 Å². The molecule has 3 N–H and O–H groups in total. The second kappa shape index (κ2) is 5.55. The van der Waals surface area contributed by atoms with Crippen molar-refractivity contribution in [2.45, 2.75) is 18.0 Å². The van der Waals surface area contributed by atoms with Gasteiger partial charge in [-0.2, -0.15) is 0 Å². The molecule has 0 spiro atoms. The molecule has 0 aliphatic carbocycles. The minimum absolute atomic E-state index is 0.521. The Hall–Kier alpha value is -1.07. The molecular weight excluding hydrogens is 198 g/mol. The van der Waals surface area contributed by atoms with Crippen LogP contribution in [0.5, 0.6) is 0 Å². The maximum absolute atomic E-state index is 10.5. The number of hydrogen-bond donors (Lipinski definition) is 3. The Bertz CT molecular complexity index is 219. The van der Waals surface area contributed by atoms with Crippen molar-refractivity contribution < 1.29 is 19.8 Å². The Morgan fingerprint density at radius 2 is 2.08 bits per heavy atom. The fourth-order valence-corrected chi connectivity index (χ4v) is 0.804. The number of carboxylic acid groups (broad SMARTS) is 2. The first kappa shape index (κ1) is 11.9. The number of hydrogen-bond acceptors (Lipinski definition) is 3. The molecule has 2 atom stereocenters. The third-order valence-corrected chi connectivity index (χ3v) is 1.55. The van der Waals surface area contributed by atoms with Crippen LogP contribution in [0.4, 0.5) is 0 Å². The van der Waals surface area contributed by atoms with Crippen molar-refractivity contribution in [2.75, 3.05) is 0 Å². The number of alkyl halides is 1. The maximum atomic E-state index is 10.5. The van der Waals surface area contributed by atoms with Crippen LogP contribution >= 0.6 is 11.6 Å². The van der Waals surface area contributed by atoms with Crippen molar-refractivity contribution >= 4 is 23.5 Å². The zero-order valence-electron chi connectivity index (χ0n) is 6.74. The molecule has 13 heavy (non-hydrogen) atoms. The van der Waals surface area contributed by atoms with Gasteiger partial charge in [0.1, 0.15) is 11.5 Å². The van der Waals surface area contributed by atoms with Crippen LogP contribution in [0.3, 0.4) is 0 Å². The van der Waals surface area contributed by atoms with Crippen molar-refractivity contribution in [1.82, 2.24) is 5.32 Å². The first-order valence-electron chi connectivity index (χ1n) is 3.44. The number of aliphatic carboxylic acids is 2. The van der Waals surface area contributed by atoms with Gasteiger partial charge in [-0.25, -0.2) is 0 Å².